The zero-order chi connectivity index (χ0) is 38.3. The van der Waals surface area contributed by atoms with Crippen LogP contribution in [0.3, 0.4) is 0 Å². The van der Waals surface area contributed by atoms with Gasteiger partial charge in [0.2, 0.25) is 11.9 Å². The number of benzene rings is 2. The van der Waals surface area contributed by atoms with Crippen LogP contribution in [0.2, 0.25) is 5.02 Å². The van der Waals surface area contributed by atoms with Crippen molar-refractivity contribution < 1.29 is 5.11 Å². The number of nitrogens with one attached hydrogen (secondary N) is 4. The first-order valence-corrected chi connectivity index (χ1v) is 19.4. The number of aliphatic hydroxyl groups is 1. The van der Waals surface area contributed by atoms with Crippen LogP contribution in [-0.2, 0) is 13.1 Å². The SMILES string of the molecule is CCn1cnc2c(Nc3cccc(C#N)c3)nc(NC3CCC(O)CC3)nc21.CCn1cnc2c(Nc3cccc(Cl)c3)nc(NC3CCCCC3N)nc21. The van der Waals surface area contributed by atoms with Gasteiger partial charge in [0, 0.05) is 47.6 Å². The van der Waals surface area contributed by atoms with Crippen molar-refractivity contribution in [2.24, 2.45) is 5.73 Å². The molecule has 8 rings (SSSR count). The second kappa shape index (κ2) is 17.3. The van der Waals surface area contributed by atoms with E-state index in [1.54, 1.807) is 24.8 Å². The van der Waals surface area contributed by atoms with Gasteiger partial charge in [-0.15, -0.1) is 0 Å². The van der Waals surface area contributed by atoms with Gasteiger partial charge in [0.1, 0.15) is 0 Å². The van der Waals surface area contributed by atoms with Crippen molar-refractivity contribution >= 4 is 68.8 Å². The van der Waals surface area contributed by atoms with Crippen molar-refractivity contribution in [3.63, 3.8) is 0 Å². The van der Waals surface area contributed by atoms with E-state index in [-0.39, 0.29) is 24.2 Å². The number of aliphatic hydroxyl groups excluding tert-OH is 1. The molecule has 2 aromatic carbocycles. The molecule has 0 spiro atoms. The van der Waals surface area contributed by atoms with Gasteiger partial charge >= 0.3 is 0 Å². The van der Waals surface area contributed by atoms with E-state index in [9.17, 15) is 5.11 Å². The Hall–Kier alpha value is -5.56. The second-order valence-corrected chi connectivity index (χ2v) is 14.4. The van der Waals surface area contributed by atoms with Gasteiger partial charge in [-0.05, 0) is 88.8 Å². The van der Waals surface area contributed by atoms with Crippen LogP contribution in [0.4, 0.5) is 34.9 Å². The summed E-state index contributed by atoms with van der Waals surface area (Å²) in [6.07, 6.45) is 11.1. The number of nitriles is 1. The number of fused-ring (bicyclic) bond motifs is 2. The van der Waals surface area contributed by atoms with Gasteiger partial charge < -0.3 is 41.2 Å². The summed E-state index contributed by atoms with van der Waals surface area (Å²) >= 11 is 6.11. The zero-order valence-corrected chi connectivity index (χ0v) is 31.8. The van der Waals surface area contributed by atoms with Crippen molar-refractivity contribution in [1.29, 1.82) is 5.26 Å². The van der Waals surface area contributed by atoms with Crippen LogP contribution < -0.4 is 27.0 Å². The number of imidazole rings is 2. The molecule has 0 amide bonds. The number of hydrogen-bond donors (Lipinski definition) is 6. The molecule has 0 radical (unpaired) electrons. The van der Waals surface area contributed by atoms with Crippen molar-refractivity contribution in [3.05, 3.63) is 71.8 Å². The van der Waals surface area contributed by atoms with Crippen molar-refractivity contribution in [2.45, 2.75) is 103 Å². The molecule has 2 saturated carbocycles. The highest BCUT2D eigenvalue weighted by atomic mass is 35.5. The lowest BCUT2D eigenvalue weighted by atomic mass is 9.91. The fourth-order valence-corrected chi connectivity index (χ4v) is 7.26. The van der Waals surface area contributed by atoms with E-state index >= 15 is 0 Å². The number of aryl methyl sites for hydroxylation is 2. The van der Waals surface area contributed by atoms with Crippen LogP contribution >= 0.6 is 11.6 Å². The Morgan fingerprint density at radius 3 is 1.95 bits per heavy atom. The molecule has 2 atom stereocenters. The van der Waals surface area contributed by atoms with Gasteiger partial charge in [0.25, 0.3) is 0 Å². The maximum Gasteiger partial charge on any atom is 0.227 e. The number of rotatable bonds is 10. The molecule has 16 heteroatoms. The summed E-state index contributed by atoms with van der Waals surface area (Å²) in [5.41, 5.74) is 11.5. The fraction of sp³-hybridized carbons (Fsp3) is 0.410. The van der Waals surface area contributed by atoms with Gasteiger partial charge in [-0.25, -0.2) is 9.97 Å². The van der Waals surface area contributed by atoms with Crippen molar-refractivity contribution in [1.82, 2.24) is 39.0 Å². The molecule has 2 aliphatic carbocycles. The van der Waals surface area contributed by atoms with Crippen molar-refractivity contribution in [3.8, 4) is 6.07 Å². The third-order valence-corrected chi connectivity index (χ3v) is 10.3. The van der Waals surface area contributed by atoms with E-state index in [4.69, 9.17) is 32.6 Å². The van der Waals surface area contributed by atoms with Crippen LogP contribution in [0.15, 0.2) is 61.2 Å². The third kappa shape index (κ3) is 9.05. The lowest BCUT2D eigenvalue weighted by Gasteiger charge is -2.29. The molecule has 7 N–H and O–H groups in total. The first kappa shape index (κ1) is 37.7. The van der Waals surface area contributed by atoms with Gasteiger partial charge in [0.15, 0.2) is 34.0 Å². The van der Waals surface area contributed by atoms with E-state index in [0.29, 0.717) is 39.6 Å². The molecule has 0 aliphatic heterocycles. The Labute approximate surface area is 324 Å². The highest BCUT2D eigenvalue weighted by Gasteiger charge is 2.24. The van der Waals surface area contributed by atoms with E-state index in [1.807, 2.05) is 52.5 Å². The number of aromatic nitrogens is 8. The van der Waals surface area contributed by atoms with Crippen LogP contribution in [-0.4, -0.2) is 68.4 Å². The van der Waals surface area contributed by atoms with E-state index in [1.165, 1.54) is 12.8 Å². The number of hydrogen-bond acceptors (Lipinski definition) is 13. The maximum atomic E-state index is 9.72. The second-order valence-electron chi connectivity index (χ2n) is 14.0. The van der Waals surface area contributed by atoms with Crippen LogP contribution in [0.1, 0.15) is 70.8 Å². The molecule has 15 nitrogen and oxygen atoms in total. The largest absolute Gasteiger partial charge is 0.393 e. The average Bonchev–Trinajstić information content (AvgIpc) is 3.81. The summed E-state index contributed by atoms with van der Waals surface area (Å²) < 4.78 is 3.98. The standard InChI is InChI=1S/C20H23N7O.C19H24ClN7/c1-2-27-12-22-17-18(23-15-5-3-4-13(10-15)11-21)25-20(26-19(17)27)24-14-6-8-16(28)9-7-14;1-2-27-11-22-16-17(23-13-7-5-6-12(20)10-13)25-19(26-18(16)27)24-15-9-4-3-8-14(15)21/h3-5,10,12,14,16,28H,2,6-9H2,1H3,(H2,23,24,25,26);5-7,10-11,14-15H,2-4,8-9,21H2,1H3,(H2,23,24,25,26). The molecule has 4 aromatic heterocycles. The summed E-state index contributed by atoms with van der Waals surface area (Å²) in [5, 5.41) is 33.0. The quantitative estimate of drug-likeness (QED) is 0.0825. The first-order valence-electron chi connectivity index (χ1n) is 19.0. The van der Waals surface area contributed by atoms with Gasteiger partial charge in [-0.3, -0.25) is 0 Å². The topological polar surface area (TPSA) is 205 Å². The summed E-state index contributed by atoms with van der Waals surface area (Å²) in [6.45, 7) is 5.65. The van der Waals surface area contributed by atoms with E-state index < -0.39 is 0 Å². The molecule has 2 unspecified atom stereocenters. The molecule has 2 fully saturated rings. The fourth-order valence-electron chi connectivity index (χ4n) is 7.07. The predicted molar refractivity (Wildman–Crippen MR) is 217 cm³/mol. The van der Waals surface area contributed by atoms with Gasteiger partial charge in [0.05, 0.1) is 30.4 Å². The Morgan fingerprint density at radius 1 is 0.782 bits per heavy atom. The molecule has 0 bridgehead atoms. The van der Waals surface area contributed by atoms with Crippen LogP contribution in [0, 0.1) is 11.3 Å². The minimum Gasteiger partial charge on any atom is -0.393 e. The molecule has 4 heterocycles. The minimum atomic E-state index is -0.201. The molecule has 2 aliphatic rings. The Morgan fingerprint density at radius 2 is 1.36 bits per heavy atom. The van der Waals surface area contributed by atoms with Crippen LogP contribution in [0.25, 0.3) is 22.3 Å². The monoisotopic (exact) mass is 762 g/mol. The Balaban J connectivity index is 0.000000169. The summed E-state index contributed by atoms with van der Waals surface area (Å²) in [6, 6.07) is 17.5. The first-order chi connectivity index (χ1) is 26.8. The van der Waals surface area contributed by atoms with Crippen LogP contribution in [0.5, 0.6) is 0 Å². The molecule has 6 aromatic rings. The van der Waals surface area contributed by atoms with E-state index in [0.717, 1.165) is 79.8 Å². The van der Waals surface area contributed by atoms with E-state index in [2.05, 4.69) is 54.2 Å². The van der Waals surface area contributed by atoms with Crippen molar-refractivity contribution in [2.75, 3.05) is 21.3 Å². The maximum absolute atomic E-state index is 9.72. The molecule has 0 saturated heterocycles. The summed E-state index contributed by atoms with van der Waals surface area (Å²) in [4.78, 5) is 27.7. The van der Waals surface area contributed by atoms with Gasteiger partial charge in [-0.1, -0.05) is 36.6 Å². The summed E-state index contributed by atoms with van der Waals surface area (Å²) in [7, 11) is 0. The smallest absolute Gasteiger partial charge is 0.227 e. The third-order valence-electron chi connectivity index (χ3n) is 10.1. The summed E-state index contributed by atoms with van der Waals surface area (Å²) in [5.74, 6) is 2.37. The molecular formula is C39H47ClN14O. The predicted octanol–water partition coefficient (Wildman–Crippen LogP) is 7.10. The lowest BCUT2D eigenvalue weighted by Crippen LogP contribution is -2.43. The Bertz CT molecular complexity index is 2270. The number of nitrogens with zero attached hydrogens (tertiary/aromatic N) is 9. The minimum absolute atomic E-state index is 0.124. The molecule has 55 heavy (non-hydrogen) atoms. The van der Waals surface area contributed by atoms with Gasteiger partial charge in [-0.2, -0.15) is 25.2 Å². The normalized spacial score (nSPS) is 19.6. The Kier molecular flexibility index (Phi) is 11.9. The average molecular weight is 763 g/mol. The highest BCUT2D eigenvalue weighted by molar-refractivity contribution is 6.30. The number of halogens is 1. The number of nitrogens with two attached hydrogens (primary N) is 1. The lowest BCUT2D eigenvalue weighted by molar-refractivity contribution is 0.126. The molecule has 286 valence electrons. The highest BCUT2D eigenvalue weighted by Crippen LogP contribution is 2.29. The molecular weight excluding hydrogens is 716 g/mol. The number of anilines is 6. The zero-order valence-electron chi connectivity index (χ0n) is 31.1.